The molecule has 0 aliphatic rings. The molecular formula is C16H24N4. The molecule has 0 amide bonds. The zero-order valence-corrected chi connectivity index (χ0v) is 12.6. The number of nitrogens with zero attached hydrogens (tertiary/aromatic N) is 2. The van der Waals surface area contributed by atoms with Crippen molar-refractivity contribution in [3.05, 3.63) is 52.8 Å². The normalized spacial score (nSPS) is 12.6. The second kappa shape index (κ2) is 6.68. The van der Waals surface area contributed by atoms with Crippen LogP contribution in [0.1, 0.15) is 28.7 Å². The molecule has 2 rings (SSSR count). The molecule has 2 aromatic rings. The van der Waals surface area contributed by atoms with E-state index in [4.69, 9.17) is 5.84 Å². The van der Waals surface area contributed by atoms with Gasteiger partial charge in [0.05, 0.1) is 6.20 Å². The average Bonchev–Trinajstić information content (AvgIpc) is 2.79. The van der Waals surface area contributed by atoms with Crippen molar-refractivity contribution in [3.63, 3.8) is 0 Å². The van der Waals surface area contributed by atoms with Crippen LogP contribution in [0.4, 0.5) is 0 Å². The Labute approximate surface area is 121 Å². The van der Waals surface area contributed by atoms with Crippen molar-refractivity contribution < 1.29 is 0 Å². The Bertz CT molecular complexity index is 539. The van der Waals surface area contributed by atoms with Crippen molar-refractivity contribution in [1.29, 1.82) is 0 Å². The Kier molecular flexibility index (Phi) is 4.93. The lowest BCUT2D eigenvalue weighted by molar-refractivity contribution is 0.491. The van der Waals surface area contributed by atoms with E-state index in [0.717, 1.165) is 19.3 Å². The van der Waals surface area contributed by atoms with Crippen LogP contribution in [0.15, 0.2) is 30.6 Å². The van der Waals surface area contributed by atoms with Crippen LogP contribution in [0.3, 0.4) is 0 Å². The van der Waals surface area contributed by atoms with Crippen LogP contribution in [0.25, 0.3) is 0 Å². The van der Waals surface area contributed by atoms with E-state index < -0.39 is 0 Å². The summed E-state index contributed by atoms with van der Waals surface area (Å²) in [5.41, 5.74) is 8.16. The Balaban J connectivity index is 1.94. The molecule has 3 N–H and O–H groups in total. The Morgan fingerprint density at radius 2 is 1.90 bits per heavy atom. The molecule has 1 atom stereocenters. The van der Waals surface area contributed by atoms with Crippen molar-refractivity contribution in [1.82, 2.24) is 15.2 Å². The van der Waals surface area contributed by atoms with E-state index >= 15 is 0 Å². The highest BCUT2D eigenvalue weighted by molar-refractivity contribution is 5.29. The van der Waals surface area contributed by atoms with Gasteiger partial charge in [0.1, 0.15) is 0 Å². The molecule has 20 heavy (non-hydrogen) atoms. The predicted octanol–water partition coefficient (Wildman–Crippen LogP) is 2.04. The van der Waals surface area contributed by atoms with Crippen molar-refractivity contribution in [2.24, 2.45) is 12.9 Å². The molecule has 0 saturated carbocycles. The van der Waals surface area contributed by atoms with E-state index in [0.29, 0.717) is 0 Å². The molecule has 0 bridgehead atoms. The summed E-state index contributed by atoms with van der Waals surface area (Å²) in [5, 5.41) is 4.19. The summed E-state index contributed by atoms with van der Waals surface area (Å²) in [6.07, 6.45) is 6.94. The van der Waals surface area contributed by atoms with Gasteiger partial charge in [-0.2, -0.15) is 5.10 Å². The lowest BCUT2D eigenvalue weighted by atomic mass is 9.98. The fourth-order valence-corrected chi connectivity index (χ4v) is 2.66. The summed E-state index contributed by atoms with van der Waals surface area (Å²) in [5.74, 6) is 5.70. The van der Waals surface area contributed by atoms with Crippen molar-refractivity contribution >= 4 is 0 Å². The molecule has 1 aromatic carbocycles. The molecule has 0 spiro atoms. The summed E-state index contributed by atoms with van der Waals surface area (Å²) in [4.78, 5) is 0. The van der Waals surface area contributed by atoms with E-state index in [1.54, 1.807) is 0 Å². The van der Waals surface area contributed by atoms with Gasteiger partial charge in [0.25, 0.3) is 0 Å². The molecule has 0 radical (unpaired) electrons. The van der Waals surface area contributed by atoms with Gasteiger partial charge in [-0.15, -0.1) is 0 Å². The minimum atomic E-state index is 0.288. The maximum Gasteiger partial charge on any atom is 0.0521 e. The quantitative estimate of drug-likeness (QED) is 0.625. The molecular weight excluding hydrogens is 248 g/mol. The van der Waals surface area contributed by atoms with E-state index in [1.165, 1.54) is 22.3 Å². The molecule has 0 saturated heterocycles. The molecule has 0 aliphatic heterocycles. The second-order valence-corrected chi connectivity index (χ2v) is 5.62. The highest BCUT2D eigenvalue weighted by Crippen LogP contribution is 2.13. The zero-order valence-electron chi connectivity index (χ0n) is 12.6. The maximum absolute atomic E-state index is 5.70. The van der Waals surface area contributed by atoms with Gasteiger partial charge in [-0.1, -0.05) is 29.3 Å². The number of hydrogen-bond acceptors (Lipinski definition) is 3. The fraction of sp³-hybridized carbons (Fsp3) is 0.438. The van der Waals surface area contributed by atoms with Gasteiger partial charge in [-0.3, -0.25) is 16.0 Å². The van der Waals surface area contributed by atoms with Crippen molar-refractivity contribution in [2.45, 2.75) is 39.2 Å². The van der Waals surface area contributed by atoms with Gasteiger partial charge in [0.2, 0.25) is 0 Å². The molecule has 4 heteroatoms. The largest absolute Gasteiger partial charge is 0.276 e. The number of hydrazine groups is 1. The summed E-state index contributed by atoms with van der Waals surface area (Å²) >= 11 is 0. The van der Waals surface area contributed by atoms with E-state index in [1.807, 2.05) is 17.9 Å². The Hall–Kier alpha value is -1.65. The number of hydrogen-bond donors (Lipinski definition) is 2. The standard InChI is InChI=1S/C16H24N4/c1-12-6-13(2)8-15(7-12)9-16(19-17)5-4-14-10-18-20(3)11-14/h6-8,10-11,16,19H,4-5,9,17H2,1-3H3. The monoisotopic (exact) mass is 272 g/mol. The maximum atomic E-state index is 5.70. The molecule has 108 valence electrons. The summed E-state index contributed by atoms with van der Waals surface area (Å²) in [6.45, 7) is 4.27. The minimum absolute atomic E-state index is 0.288. The highest BCUT2D eigenvalue weighted by atomic mass is 15.2. The number of aromatic nitrogens is 2. The average molecular weight is 272 g/mol. The Morgan fingerprint density at radius 1 is 1.20 bits per heavy atom. The molecule has 0 fully saturated rings. The third-order valence-electron chi connectivity index (χ3n) is 3.54. The topological polar surface area (TPSA) is 55.9 Å². The van der Waals surface area contributed by atoms with Crippen LogP contribution in [-0.2, 0) is 19.9 Å². The second-order valence-electron chi connectivity index (χ2n) is 5.62. The molecule has 4 nitrogen and oxygen atoms in total. The van der Waals surface area contributed by atoms with Crippen molar-refractivity contribution in [2.75, 3.05) is 0 Å². The minimum Gasteiger partial charge on any atom is -0.276 e. The first-order valence-corrected chi connectivity index (χ1v) is 7.07. The Morgan fingerprint density at radius 3 is 2.45 bits per heavy atom. The summed E-state index contributed by atoms with van der Waals surface area (Å²) in [6, 6.07) is 6.96. The predicted molar refractivity (Wildman–Crippen MR) is 82.3 cm³/mol. The van der Waals surface area contributed by atoms with Gasteiger partial charge in [-0.05, 0) is 44.2 Å². The third kappa shape index (κ3) is 4.18. The SMILES string of the molecule is Cc1cc(C)cc(CC(CCc2cnn(C)c2)NN)c1. The first kappa shape index (κ1) is 14.8. The van der Waals surface area contributed by atoms with E-state index in [9.17, 15) is 0 Å². The molecule has 1 unspecified atom stereocenters. The van der Waals surface area contributed by atoms with Crippen LogP contribution >= 0.6 is 0 Å². The lowest BCUT2D eigenvalue weighted by Gasteiger charge is -2.16. The van der Waals surface area contributed by atoms with Gasteiger partial charge >= 0.3 is 0 Å². The number of nitrogens with one attached hydrogen (secondary N) is 1. The number of aryl methyl sites for hydroxylation is 4. The lowest BCUT2D eigenvalue weighted by Crippen LogP contribution is -2.37. The smallest absolute Gasteiger partial charge is 0.0521 e. The molecule has 0 aliphatic carbocycles. The number of nitrogens with two attached hydrogens (primary N) is 1. The van der Waals surface area contributed by atoms with Crippen LogP contribution in [-0.4, -0.2) is 15.8 Å². The van der Waals surface area contributed by atoms with Gasteiger partial charge in [-0.25, -0.2) is 0 Å². The van der Waals surface area contributed by atoms with E-state index in [-0.39, 0.29) is 6.04 Å². The molecule has 1 aromatic heterocycles. The fourth-order valence-electron chi connectivity index (χ4n) is 2.66. The zero-order chi connectivity index (χ0) is 14.5. The molecule has 1 heterocycles. The number of rotatable bonds is 6. The first-order valence-electron chi connectivity index (χ1n) is 7.07. The highest BCUT2D eigenvalue weighted by Gasteiger charge is 2.09. The van der Waals surface area contributed by atoms with Gasteiger partial charge in [0.15, 0.2) is 0 Å². The van der Waals surface area contributed by atoms with Crippen LogP contribution < -0.4 is 11.3 Å². The number of benzene rings is 1. The van der Waals surface area contributed by atoms with Crippen molar-refractivity contribution in [3.8, 4) is 0 Å². The van der Waals surface area contributed by atoms with E-state index in [2.05, 4.69) is 48.8 Å². The van der Waals surface area contributed by atoms with Gasteiger partial charge < -0.3 is 0 Å². The summed E-state index contributed by atoms with van der Waals surface area (Å²) in [7, 11) is 1.94. The van der Waals surface area contributed by atoms with Crippen LogP contribution in [0.5, 0.6) is 0 Å². The van der Waals surface area contributed by atoms with Gasteiger partial charge in [0, 0.05) is 19.3 Å². The van der Waals surface area contributed by atoms with Crippen LogP contribution in [0.2, 0.25) is 0 Å². The first-order chi connectivity index (χ1) is 9.56. The van der Waals surface area contributed by atoms with Crippen LogP contribution in [0, 0.1) is 13.8 Å². The third-order valence-corrected chi connectivity index (χ3v) is 3.54. The summed E-state index contributed by atoms with van der Waals surface area (Å²) < 4.78 is 1.84.